The third-order valence-electron chi connectivity index (χ3n) is 5.97. The van der Waals surface area contributed by atoms with E-state index in [0.29, 0.717) is 18.1 Å². The van der Waals surface area contributed by atoms with Gasteiger partial charge < -0.3 is 15.4 Å². The van der Waals surface area contributed by atoms with Crippen molar-refractivity contribution in [3.63, 3.8) is 0 Å². The van der Waals surface area contributed by atoms with E-state index in [0.717, 1.165) is 34.6 Å². The molecule has 2 aromatic carbocycles. The van der Waals surface area contributed by atoms with Gasteiger partial charge in [-0.1, -0.05) is 13.0 Å². The molecule has 7 nitrogen and oxygen atoms in total. The van der Waals surface area contributed by atoms with E-state index < -0.39 is 20.5 Å². The molecule has 2 heterocycles. The number of nitrogens with zero attached hydrogens (tertiary/aromatic N) is 2. The summed E-state index contributed by atoms with van der Waals surface area (Å²) in [6.07, 6.45) is 2.83. The Kier molecular flexibility index (Phi) is 6.31. The topological polar surface area (TPSA) is 103 Å². The lowest BCUT2D eigenvalue weighted by atomic mass is 10.0. The fourth-order valence-electron chi connectivity index (χ4n) is 4.09. The van der Waals surface area contributed by atoms with Crippen molar-refractivity contribution in [3.8, 4) is 16.9 Å². The van der Waals surface area contributed by atoms with Crippen LogP contribution in [0.2, 0.25) is 0 Å². The lowest BCUT2D eigenvalue weighted by molar-refractivity contribution is 0.0731. The van der Waals surface area contributed by atoms with Gasteiger partial charge in [0.1, 0.15) is 28.9 Å². The zero-order valence-corrected chi connectivity index (χ0v) is 20.1. The molecule has 178 valence electrons. The number of aromatic nitrogens is 1. The number of rotatable bonds is 4. The molecule has 34 heavy (non-hydrogen) atoms. The van der Waals surface area contributed by atoms with Crippen LogP contribution in [-0.2, 0) is 22.8 Å². The molecule has 2 N–H and O–H groups in total. The molecule has 0 saturated heterocycles. The second kappa shape index (κ2) is 9.06. The van der Waals surface area contributed by atoms with Crippen LogP contribution in [-0.4, -0.2) is 43.6 Å². The highest BCUT2D eigenvalue weighted by Crippen LogP contribution is 2.31. The predicted molar refractivity (Wildman–Crippen MR) is 128 cm³/mol. The van der Waals surface area contributed by atoms with Crippen LogP contribution in [0.4, 0.5) is 10.2 Å². The number of hydrogen-bond acceptors (Lipinski definition) is 6. The van der Waals surface area contributed by atoms with Gasteiger partial charge in [0.25, 0.3) is 5.91 Å². The predicted octanol–water partition coefficient (Wildman–Crippen LogP) is 3.78. The van der Waals surface area contributed by atoms with Gasteiger partial charge >= 0.3 is 0 Å². The number of nitrogen functional groups attached to an aromatic ring is 1. The number of fused-ring (bicyclic) bond motifs is 1. The Bertz CT molecular complexity index is 1390. The fraction of sp³-hybridized carbons (Fsp3) is 0.280. The summed E-state index contributed by atoms with van der Waals surface area (Å²) in [7, 11) is -3.75. The van der Waals surface area contributed by atoms with E-state index >= 15 is 0 Å². The summed E-state index contributed by atoms with van der Waals surface area (Å²) < 4.78 is 44.7. The third-order valence-corrected chi connectivity index (χ3v) is 7.09. The van der Waals surface area contributed by atoms with Crippen LogP contribution in [0.1, 0.15) is 34.0 Å². The normalized spacial score (nSPS) is 13.7. The zero-order chi connectivity index (χ0) is 24.6. The second-order valence-corrected chi connectivity index (χ2v) is 10.3. The number of amides is 1. The number of aryl methyl sites for hydroxylation is 1. The molecular weight excluding hydrogens is 457 g/mol. The number of pyridine rings is 1. The van der Waals surface area contributed by atoms with Crippen LogP contribution in [0, 0.1) is 12.7 Å². The highest BCUT2D eigenvalue weighted by atomic mass is 32.2. The maximum absolute atomic E-state index is 15.0. The molecule has 1 aromatic heterocycles. The summed E-state index contributed by atoms with van der Waals surface area (Å²) in [5.74, 6) is -0.0913. The number of carbonyl (C=O) groups excluding carboxylic acids is 1. The van der Waals surface area contributed by atoms with Crippen molar-refractivity contribution >= 4 is 21.6 Å². The Labute approximate surface area is 198 Å². The highest BCUT2D eigenvalue weighted by Gasteiger charge is 2.27. The average Bonchev–Trinajstić information content (AvgIpc) is 3.01. The molecule has 0 atom stereocenters. The van der Waals surface area contributed by atoms with Gasteiger partial charge in [-0.3, -0.25) is 4.79 Å². The van der Waals surface area contributed by atoms with Crippen LogP contribution in [0.5, 0.6) is 5.75 Å². The first-order valence-corrected chi connectivity index (χ1v) is 12.8. The van der Waals surface area contributed by atoms with Gasteiger partial charge in [0.15, 0.2) is 9.84 Å². The van der Waals surface area contributed by atoms with Crippen LogP contribution in [0.25, 0.3) is 11.1 Å². The molecule has 0 saturated carbocycles. The zero-order valence-electron chi connectivity index (χ0n) is 19.3. The Morgan fingerprint density at radius 1 is 1.21 bits per heavy atom. The number of ether oxygens (including phenoxy) is 1. The van der Waals surface area contributed by atoms with Crippen molar-refractivity contribution in [2.75, 3.05) is 25.1 Å². The van der Waals surface area contributed by atoms with Gasteiger partial charge in [-0.2, -0.15) is 0 Å². The number of nitrogens with two attached hydrogens (primary N) is 1. The summed E-state index contributed by atoms with van der Waals surface area (Å²) in [5.41, 5.74) is 9.56. The molecule has 0 aliphatic carbocycles. The van der Waals surface area contributed by atoms with E-state index in [1.165, 1.54) is 6.07 Å². The average molecular weight is 484 g/mol. The maximum Gasteiger partial charge on any atom is 0.254 e. The van der Waals surface area contributed by atoms with E-state index in [1.807, 2.05) is 31.2 Å². The molecule has 1 aliphatic rings. The van der Waals surface area contributed by atoms with Crippen molar-refractivity contribution in [2.45, 2.75) is 31.7 Å². The van der Waals surface area contributed by atoms with Gasteiger partial charge in [-0.15, -0.1) is 0 Å². The Balaban J connectivity index is 1.69. The number of hydrogen-bond donors (Lipinski definition) is 1. The molecule has 0 spiro atoms. The van der Waals surface area contributed by atoms with Gasteiger partial charge in [0.05, 0.1) is 6.54 Å². The third kappa shape index (κ3) is 4.48. The number of sulfone groups is 1. The minimum Gasteiger partial charge on any atom is -0.491 e. The molecule has 1 amide bonds. The second-order valence-electron chi connectivity index (χ2n) is 8.35. The van der Waals surface area contributed by atoms with Crippen LogP contribution in [0.15, 0.2) is 47.5 Å². The lowest BCUT2D eigenvalue weighted by Crippen LogP contribution is -2.33. The van der Waals surface area contributed by atoms with Gasteiger partial charge in [-0.05, 0) is 54.8 Å². The summed E-state index contributed by atoms with van der Waals surface area (Å²) in [6, 6.07) is 10.2. The van der Waals surface area contributed by atoms with Gasteiger partial charge in [0.2, 0.25) is 0 Å². The quantitative estimate of drug-likeness (QED) is 0.606. The Hall–Kier alpha value is -3.46. The Morgan fingerprint density at radius 2 is 1.97 bits per heavy atom. The van der Waals surface area contributed by atoms with Crippen molar-refractivity contribution < 1.29 is 22.3 Å². The largest absolute Gasteiger partial charge is 0.491 e. The first-order chi connectivity index (χ1) is 16.1. The molecule has 0 radical (unpaired) electrons. The number of carbonyl (C=O) groups is 1. The van der Waals surface area contributed by atoms with Crippen molar-refractivity contribution in [3.05, 3.63) is 70.7 Å². The van der Waals surface area contributed by atoms with Crippen LogP contribution >= 0.6 is 0 Å². The minimum absolute atomic E-state index is 0.0930. The summed E-state index contributed by atoms with van der Waals surface area (Å²) in [4.78, 5) is 18.8. The summed E-state index contributed by atoms with van der Waals surface area (Å²) >= 11 is 0. The monoisotopic (exact) mass is 483 g/mol. The molecule has 1 aliphatic heterocycles. The van der Waals surface area contributed by atoms with Crippen LogP contribution < -0.4 is 10.5 Å². The molecule has 3 aromatic rings. The molecule has 0 unspecified atom stereocenters. The first-order valence-electron chi connectivity index (χ1n) is 10.9. The minimum atomic E-state index is -3.75. The number of anilines is 1. The number of benzene rings is 2. The fourth-order valence-corrected chi connectivity index (χ4v) is 4.86. The van der Waals surface area contributed by atoms with Crippen LogP contribution in [0.3, 0.4) is 0 Å². The summed E-state index contributed by atoms with van der Waals surface area (Å²) in [6.45, 7) is 4.44. The molecular formula is C25H26FN3O4S. The smallest absolute Gasteiger partial charge is 0.254 e. The van der Waals surface area contributed by atoms with E-state index in [-0.39, 0.29) is 36.6 Å². The SMILES string of the molecule is CCc1c(C(=O)N2CCOc3ccc(-c4cnc(N)c(C)c4)cc3C2)ccc(S(C)(=O)=O)c1F. The van der Waals surface area contributed by atoms with Crippen molar-refractivity contribution in [1.82, 2.24) is 9.88 Å². The molecule has 0 bridgehead atoms. The highest BCUT2D eigenvalue weighted by molar-refractivity contribution is 7.90. The first kappa shape index (κ1) is 23.7. The van der Waals surface area contributed by atoms with E-state index in [1.54, 1.807) is 18.0 Å². The van der Waals surface area contributed by atoms with Crippen molar-refractivity contribution in [2.24, 2.45) is 0 Å². The number of halogens is 1. The summed E-state index contributed by atoms with van der Waals surface area (Å²) in [5, 5.41) is 0. The van der Waals surface area contributed by atoms with Gasteiger partial charge in [-0.25, -0.2) is 17.8 Å². The van der Waals surface area contributed by atoms with E-state index in [4.69, 9.17) is 10.5 Å². The standard InChI is InChI=1S/C25H26FN3O4S/c1-4-19-20(6-8-22(23(19)26)34(3,31)32)25(30)29-9-10-33-21-7-5-16(12-18(21)14-29)17-11-15(2)24(27)28-13-17/h5-8,11-13H,4,9-10,14H2,1-3H3,(H2,27,28). The lowest BCUT2D eigenvalue weighted by Gasteiger charge is -2.22. The molecule has 4 rings (SSSR count). The van der Waals surface area contributed by atoms with Gasteiger partial charge in [0, 0.05) is 41.3 Å². The Morgan fingerprint density at radius 3 is 2.65 bits per heavy atom. The van der Waals surface area contributed by atoms with Crippen molar-refractivity contribution in [1.29, 1.82) is 0 Å². The maximum atomic E-state index is 15.0. The van der Waals surface area contributed by atoms with E-state index in [9.17, 15) is 17.6 Å². The van der Waals surface area contributed by atoms with E-state index in [2.05, 4.69) is 4.98 Å². The molecule has 9 heteroatoms. The molecule has 0 fully saturated rings.